The molecule has 15 heavy (non-hydrogen) atoms. The highest BCUT2D eigenvalue weighted by Crippen LogP contribution is 2.49. The van der Waals surface area contributed by atoms with Crippen LogP contribution in [0.15, 0.2) is 42.0 Å². The molecule has 1 aromatic carbocycles. The fourth-order valence-corrected chi connectivity index (χ4v) is 3.37. The van der Waals surface area contributed by atoms with Gasteiger partial charge >= 0.3 is 0 Å². The lowest BCUT2D eigenvalue weighted by atomic mass is 9.79. The van der Waals surface area contributed by atoms with E-state index in [4.69, 9.17) is 0 Å². The average molecular weight is 198 g/mol. The fourth-order valence-electron chi connectivity index (χ4n) is 3.37. The molecule has 0 aromatic heterocycles. The zero-order valence-corrected chi connectivity index (χ0v) is 9.32. The topological polar surface area (TPSA) is 0 Å². The first-order valence-electron chi connectivity index (χ1n) is 6.07. The van der Waals surface area contributed by atoms with Crippen LogP contribution < -0.4 is 0 Å². The summed E-state index contributed by atoms with van der Waals surface area (Å²) in [6.07, 6.45) is 6.57. The summed E-state index contributed by atoms with van der Waals surface area (Å²) in [5, 5.41) is 0. The van der Waals surface area contributed by atoms with Crippen molar-refractivity contribution in [3.63, 3.8) is 0 Å². The summed E-state index contributed by atoms with van der Waals surface area (Å²) in [5.74, 6) is 2.60. The molecule has 0 heteroatoms. The molecule has 0 heterocycles. The molecule has 0 nitrogen and oxygen atoms in total. The number of benzene rings is 1. The highest BCUT2D eigenvalue weighted by Gasteiger charge is 2.37. The molecule has 78 valence electrons. The van der Waals surface area contributed by atoms with Gasteiger partial charge in [0.25, 0.3) is 0 Å². The molecular weight excluding hydrogens is 180 g/mol. The molecule has 3 atom stereocenters. The monoisotopic (exact) mass is 198 g/mol. The Labute approximate surface area is 92.0 Å². The Bertz CT molecular complexity index is 374. The van der Waals surface area contributed by atoms with Crippen LogP contribution in [0.1, 0.15) is 37.7 Å². The lowest BCUT2D eigenvalue weighted by Crippen LogP contribution is -2.15. The quantitative estimate of drug-likeness (QED) is 0.626. The zero-order chi connectivity index (χ0) is 10.3. The molecule has 2 aliphatic rings. The van der Waals surface area contributed by atoms with E-state index in [0.29, 0.717) is 0 Å². The third-order valence-corrected chi connectivity index (χ3v) is 4.30. The maximum atomic E-state index is 2.47. The van der Waals surface area contributed by atoms with Gasteiger partial charge in [0.2, 0.25) is 0 Å². The predicted molar refractivity (Wildman–Crippen MR) is 63.8 cm³/mol. The first kappa shape index (κ1) is 9.21. The van der Waals surface area contributed by atoms with Crippen molar-refractivity contribution in [2.24, 2.45) is 11.8 Å². The van der Waals surface area contributed by atoms with E-state index in [1.165, 1.54) is 24.8 Å². The van der Waals surface area contributed by atoms with E-state index in [9.17, 15) is 0 Å². The summed E-state index contributed by atoms with van der Waals surface area (Å²) in [6.45, 7) is 2.40. The Balaban J connectivity index is 1.81. The molecule has 1 saturated carbocycles. The van der Waals surface area contributed by atoms with Crippen molar-refractivity contribution in [1.29, 1.82) is 0 Å². The summed E-state index contributed by atoms with van der Waals surface area (Å²) in [4.78, 5) is 0. The molecule has 3 unspecified atom stereocenters. The maximum absolute atomic E-state index is 2.47. The second-order valence-corrected chi connectivity index (χ2v) is 5.13. The minimum Gasteiger partial charge on any atom is -0.0850 e. The Morgan fingerprint density at radius 1 is 1.13 bits per heavy atom. The van der Waals surface area contributed by atoms with Gasteiger partial charge in [0.1, 0.15) is 0 Å². The average Bonchev–Trinajstić information content (AvgIpc) is 2.91. The molecule has 0 radical (unpaired) electrons. The molecule has 2 aliphatic carbocycles. The minimum absolute atomic E-state index is 0.738. The fraction of sp³-hybridized carbons (Fsp3) is 0.467. The normalized spacial score (nSPS) is 30.3. The van der Waals surface area contributed by atoms with E-state index >= 15 is 0 Å². The van der Waals surface area contributed by atoms with Gasteiger partial charge in [-0.2, -0.15) is 0 Å². The van der Waals surface area contributed by atoms with E-state index in [-0.39, 0.29) is 0 Å². The van der Waals surface area contributed by atoms with Crippen LogP contribution in [0.5, 0.6) is 0 Å². The summed E-state index contributed by atoms with van der Waals surface area (Å²) >= 11 is 0. The van der Waals surface area contributed by atoms with E-state index in [1.54, 1.807) is 5.57 Å². The van der Waals surface area contributed by atoms with Crippen molar-refractivity contribution < 1.29 is 0 Å². The number of rotatable bonds is 2. The molecule has 2 bridgehead atoms. The van der Waals surface area contributed by atoms with Crippen LogP contribution in [-0.4, -0.2) is 0 Å². The van der Waals surface area contributed by atoms with Crippen molar-refractivity contribution in [3.05, 3.63) is 47.5 Å². The molecule has 0 aliphatic heterocycles. The Morgan fingerprint density at radius 2 is 1.93 bits per heavy atom. The van der Waals surface area contributed by atoms with Crippen LogP contribution in [-0.2, 0) is 0 Å². The van der Waals surface area contributed by atoms with Crippen molar-refractivity contribution in [2.75, 3.05) is 0 Å². The number of hydrogen-bond acceptors (Lipinski definition) is 0. The third kappa shape index (κ3) is 1.52. The summed E-state index contributed by atoms with van der Waals surface area (Å²) in [7, 11) is 0. The van der Waals surface area contributed by atoms with Gasteiger partial charge in [-0.25, -0.2) is 0 Å². The van der Waals surface area contributed by atoms with Crippen LogP contribution in [0.2, 0.25) is 0 Å². The lowest BCUT2D eigenvalue weighted by molar-refractivity contribution is 0.338. The molecule has 3 rings (SSSR count). The molecule has 0 N–H and O–H groups in total. The molecule has 0 spiro atoms. The van der Waals surface area contributed by atoms with E-state index < -0.39 is 0 Å². The smallest absolute Gasteiger partial charge is 0.0156 e. The zero-order valence-electron chi connectivity index (χ0n) is 9.32. The number of allylic oxidation sites excluding steroid dienone is 2. The summed E-state index contributed by atoms with van der Waals surface area (Å²) < 4.78 is 0. The molecule has 1 aromatic rings. The van der Waals surface area contributed by atoms with Gasteiger partial charge in [0.05, 0.1) is 0 Å². The standard InChI is InChI=1S/C15H18/c1-11(13-5-3-2-4-6-13)15-10-12-7-8-14(15)9-12/h2-7,11,14-15H,8-10H2,1H3. The van der Waals surface area contributed by atoms with Gasteiger partial charge in [-0.3, -0.25) is 0 Å². The van der Waals surface area contributed by atoms with Crippen molar-refractivity contribution in [1.82, 2.24) is 0 Å². The minimum atomic E-state index is 0.738. The van der Waals surface area contributed by atoms with Crippen LogP contribution >= 0.6 is 0 Å². The van der Waals surface area contributed by atoms with Crippen molar-refractivity contribution in [3.8, 4) is 0 Å². The second-order valence-electron chi connectivity index (χ2n) is 5.13. The first-order chi connectivity index (χ1) is 7.34. The summed E-state index contributed by atoms with van der Waals surface area (Å²) in [5.41, 5.74) is 3.25. The van der Waals surface area contributed by atoms with E-state index in [2.05, 4.69) is 43.3 Å². The highest BCUT2D eigenvalue weighted by molar-refractivity contribution is 5.25. The Morgan fingerprint density at radius 3 is 2.53 bits per heavy atom. The van der Waals surface area contributed by atoms with Gasteiger partial charge in [0, 0.05) is 0 Å². The van der Waals surface area contributed by atoms with Gasteiger partial charge in [0.15, 0.2) is 0 Å². The predicted octanol–water partition coefficient (Wildman–Crippen LogP) is 4.15. The van der Waals surface area contributed by atoms with E-state index in [0.717, 1.165) is 17.8 Å². The number of fused-ring (bicyclic) bond motifs is 2. The summed E-state index contributed by atoms with van der Waals surface area (Å²) in [6, 6.07) is 11.0. The van der Waals surface area contributed by atoms with Crippen LogP contribution in [0, 0.1) is 11.8 Å². The maximum Gasteiger partial charge on any atom is -0.0156 e. The van der Waals surface area contributed by atoms with Crippen molar-refractivity contribution in [2.45, 2.75) is 32.1 Å². The van der Waals surface area contributed by atoms with Crippen molar-refractivity contribution >= 4 is 0 Å². The second kappa shape index (κ2) is 3.52. The van der Waals surface area contributed by atoms with Crippen LogP contribution in [0.25, 0.3) is 0 Å². The molecule has 0 amide bonds. The molecular formula is C15H18. The molecule has 1 fully saturated rings. The molecule has 0 saturated heterocycles. The third-order valence-electron chi connectivity index (χ3n) is 4.30. The van der Waals surface area contributed by atoms with Gasteiger partial charge < -0.3 is 0 Å². The van der Waals surface area contributed by atoms with Gasteiger partial charge in [-0.15, -0.1) is 0 Å². The lowest BCUT2D eigenvalue weighted by Gasteiger charge is -2.26. The Hall–Kier alpha value is -1.04. The first-order valence-corrected chi connectivity index (χ1v) is 6.07. The van der Waals surface area contributed by atoms with Crippen LogP contribution in [0.4, 0.5) is 0 Å². The largest absolute Gasteiger partial charge is 0.0850 e. The Kier molecular flexibility index (Phi) is 2.16. The van der Waals surface area contributed by atoms with Gasteiger partial charge in [-0.05, 0) is 42.6 Å². The van der Waals surface area contributed by atoms with E-state index in [1.807, 2.05) is 0 Å². The highest BCUT2D eigenvalue weighted by atomic mass is 14.4. The number of hydrogen-bond donors (Lipinski definition) is 0. The SMILES string of the molecule is CC(c1ccccc1)C1CC2=CCC1C2. The van der Waals surface area contributed by atoms with Gasteiger partial charge in [-0.1, -0.05) is 48.9 Å². The van der Waals surface area contributed by atoms with Crippen LogP contribution in [0.3, 0.4) is 0 Å².